The minimum absolute atomic E-state index is 0.109. The monoisotopic (exact) mass is 405 g/mol. The first-order valence-corrected chi connectivity index (χ1v) is 9.82. The number of rotatable bonds is 3. The summed E-state index contributed by atoms with van der Waals surface area (Å²) >= 11 is 7.35. The number of aryl methyl sites for hydroxylation is 1. The third-order valence-electron chi connectivity index (χ3n) is 4.43. The number of hydrogen-bond acceptors (Lipinski definition) is 4. The average molecular weight is 406 g/mol. The molecule has 0 bridgehead atoms. The van der Waals surface area contributed by atoms with Crippen molar-refractivity contribution < 1.29 is 0 Å². The van der Waals surface area contributed by atoms with Crippen LogP contribution in [-0.4, -0.2) is 4.57 Å². The lowest BCUT2D eigenvalue weighted by Gasteiger charge is -2.07. The van der Waals surface area contributed by atoms with Crippen LogP contribution < -0.4 is 14.8 Å². The summed E-state index contributed by atoms with van der Waals surface area (Å²) in [5.41, 5.74) is 2.97. The molecule has 0 aliphatic rings. The summed E-state index contributed by atoms with van der Waals surface area (Å²) in [6.07, 6.45) is 2.71. The second-order valence-electron chi connectivity index (χ2n) is 6.13. The van der Waals surface area contributed by atoms with Crippen molar-refractivity contribution in [1.82, 2.24) is 4.57 Å². The Labute approximate surface area is 171 Å². The molecule has 0 spiro atoms. The quantitative estimate of drug-likeness (QED) is 0.670. The van der Waals surface area contributed by atoms with E-state index in [0.717, 1.165) is 23.3 Å². The Balaban J connectivity index is 2.38. The van der Waals surface area contributed by atoms with Crippen molar-refractivity contribution in [1.29, 1.82) is 10.5 Å². The molecule has 0 saturated heterocycles. The van der Waals surface area contributed by atoms with Gasteiger partial charge in [0.1, 0.15) is 16.8 Å². The van der Waals surface area contributed by atoms with Gasteiger partial charge in [-0.3, -0.25) is 9.36 Å². The van der Waals surface area contributed by atoms with Crippen LogP contribution in [0.4, 0.5) is 0 Å². The van der Waals surface area contributed by atoms with E-state index in [9.17, 15) is 15.3 Å². The van der Waals surface area contributed by atoms with Crippen LogP contribution in [-0.2, 0) is 6.42 Å². The third-order valence-corrected chi connectivity index (χ3v) is 5.93. The fraction of sp³-hybridized carbons (Fsp3) is 0.136. The molecule has 0 aliphatic heterocycles. The maximum Gasteiger partial charge on any atom is 0.273 e. The second kappa shape index (κ2) is 8.27. The molecule has 0 atom stereocenters. The number of hydrogen-bond donors (Lipinski definition) is 0. The van der Waals surface area contributed by atoms with Gasteiger partial charge in [-0.15, -0.1) is 11.3 Å². The van der Waals surface area contributed by atoms with E-state index >= 15 is 0 Å². The van der Waals surface area contributed by atoms with Crippen LogP contribution in [0.1, 0.15) is 23.6 Å². The lowest BCUT2D eigenvalue weighted by atomic mass is 10.1. The van der Waals surface area contributed by atoms with E-state index in [-0.39, 0.29) is 11.1 Å². The van der Waals surface area contributed by atoms with Gasteiger partial charge in [0.25, 0.3) is 5.56 Å². The molecular formula is C22H16ClN3OS. The lowest BCUT2D eigenvalue weighted by Crippen LogP contribution is -2.31. The van der Waals surface area contributed by atoms with Crippen molar-refractivity contribution in [3.8, 4) is 17.8 Å². The van der Waals surface area contributed by atoms with Gasteiger partial charge in [0.15, 0.2) is 5.57 Å². The van der Waals surface area contributed by atoms with Crippen LogP contribution in [0.15, 0.2) is 47.3 Å². The second-order valence-corrected chi connectivity index (χ2v) is 7.57. The lowest BCUT2D eigenvalue weighted by molar-refractivity contribution is 0.975. The topological polar surface area (TPSA) is 69.6 Å². The summed E-state index contributed by atoms with van der Waals surface area (Å²) in [5.74, 6) is 0. The SMILES string of the molecule is CCc1ccc(/C=c2\sc(=C(C#N)C#N)n(-c3cccc(Cl)c3C)c2=O)cc1. The summed E-state index contributed by atoms with van der Waals surface area (Å²) in [6.45, 7) is 3.88. The van der Waals surface area contributed by atoms with E-state index < -0.39 is 0 Å². The highest BCUT2D eigenvalue weighted by Crippen LogP contribution is 2.20. The molecule has 1 heterocycles. The predicted octanol–water partition coefficient (Wildman–Crippen LogP) is 3.45. The van der Waals surface area contributed by atoms with Gasteiger partial charge in [-0.25, -0.2) is 0 Å². The van der Waals surface area contributed by atoms with Crippen molar-refractivity contribution in [3.63, 3.8) is 0 Å². The molecule has 6 heteroatoms. The fourth-order valence-corrected chi connectivity index (χ4v) is 4.05. The van der Waals surface area contributed by atoms with Gasteiger partial charge in [0, 0.05) is 5.02 Å². The minimum atomic E-state index is -0.284. The molecular weight excluding hydrogens is 390 g/mol. The molecule has 2 aromatic carbocycles. The average Bonchev–Trinajstić information content (AvgIpc) is 3.02. The largest absolute Gasteiger partial charge is 0.273 e. The number of halogens is 1. The van der Waals surface area contributed by atoms with Crippen molar-refractivity contribution in [3.05, 3.63) is 83.7 Å². The van der Waals surface area contributed by atoms with Gasteiger partial charge in [-0.2, -0.15) is 10.5 Å². The smallest absolute Gasteiger partial charge is 0.267 e. The molecule has 0 unspecified atom stereocenters. The number of aromatic nitrogens is 1. The van der Waals surface area contributed by atoms with Crippen LogP contribution in [0.25, 0.3) is 17.3 Å². The van der Waals surface area contributed by atoms with Crippen LogP contribution in [0.2, 0.25) is 5.02 Å². The molecule has 28 heavy (non-hydrogen) atoms. The van der Waals surface area contributed by atoms with E-state index in [1.54, 1.807) is 31.2 Å². The fourth-order valence-electron chi connectivity index (χ4n) is 2.83. The Hall–Kier alpha value is -3.12. The Morgan fingerprint density at radius 3 is 2.46 bits per heavy atom. The van der Waals surface area contributed by atoms with Crippen molar-refractivity contribution >= 4 is 34.6 Å². The van der Waals surface area contributed by atoms with Gasteiger partial charge < -0.3 is 0 Å². The summed E-state index contributed by atoms with van der Waals surface area (Å²) in [7, 11) is 0. The van der Waals surface area contributed by atoms with Crippen LogP contribution in [0, 0.1) is 29.6 Å². The third kappa shape index (κ3) is 3.64. The minimum Gasteiger partial charge on any atom is -0.267 e. The summed E-state index contributed by atoms with van der Waals surface area (Å²) in [4.78, 5) is 13.2. The molecule has 0 fully saturated rings. The Bertz CT molecular complexity index is 1290. The molecule has 1 aromatic heterocycles. The Morgan fingerprint density at radius 1 is 1.18 bits per heavy atom. The first kappa shape index (κ1) is 19.6. The first-order chi connectivity index (χ1) is 13.5. The molecule has 0 saturated carbocycles. The zero-order valence-electron chi connectivity index (χ0n) is 15.4. The van der Waals surface area contributed by atoms with E-state index in [1.807, 2.05) is 36.4 Å². The number of thiazole rings is 1. The van der Waals surface area contributed by atoms with Crippen LogP contribution in [0.5, 0.6) is 0 Å². The highest BCUT2D eigenvalue weighted by atomic mass is 35.5. The van der Waals surface area contributed by atoms with E-state index in [0.29, 0.717) is 25.5 Å². The van der Waals surface area contributed by atoms with Gasteiger partial charge in [0.2, 0.25) is 0 Å². The van der Waals surface area contributed by atoms with Crippen molar-refractivity contribution in [2.24, 2.45) is 0 Å². The predicted molar refractivity (Wildman–Crippen MR) is 113 cm³/mol. The zero-order chi connectivity index (χ0) is 20.3. The number of nitrogens with zero attached hydrogens (tertiary/aromatic N) is 3. The molecule has 3 rings (SSSR count). The van der Waals surface area contributed by atoms with E-state index in [4.69, 9.17) is 11.6 Å². The van der Waals surface area contributed by atoms with Crippen molar-refractivity contribution in [2.75, 3.05) is 0 Å². The Kier molecular flexibility index (Phi) is 5.80. The molecule has 0 amide bonds. The van der Waals surface area contributed by atoms with E-state index in [1.165, 1.54) is 10.1 Å². The molecule has 0 radical (unpaired) electrons. The van der Waals surface area contributed by atoms with E-state index in [2.05, 4.69) is 6.92 Å². The maximum atomic E-state index is 13.2. The van der Waals surface area contributed by atoms with Crippen LogP contribution >= 0.6 is 22.9 Å². The summed E-state index contributed by atoms with van der Waals surface area (Å²) in [6, 6.07) is 16.9. The molecule has 0 aliphatic carbocycles. The number of benzene rings is 2. The van der Waals surface area contributed by atoms with Gasteiger partial charge >= 0.3 is 0 Å². The summed E-state index contributed by atoms with van der Waals surface area (Å²) in [5, 5.41) is 19.2. The molecule has 4 nitrogen and oxygen atoms in total. The standard InChI is InChI=1S/C22H16ClN3OS/c1-3-15-7-9-16(10-8-15)11-20-21(27)26(22(28-20)17(12-24)13-25)19-6-4-5-18(23)14(19)2/h4-11H,3H2,1-2H3/b20-11-. The molecule has 138 valence electrons. The van der Waals surface area contributed by atoms with Gasteiger partial charge in [-0.05, 0) is 48.2 Å². The highest BCUT2D eigenvalue weighted by Gasteiger charge is 2.14. The van der Waals surface area contributed by atoms with Gasteiger partial charge in [-0.1, -0.05) is 48.9 Å². The first-order valence-electron chi connectivity index (χ1n) is 8.62. The zero-order valence-corrected chi connectivity index (χ0v) is 16.9. The summed E-state index contributed by atoms with van der Waals surface area (Å²) < 4.78 is 2.15. The normalized spacial score (nSPS) is 11.1. The highest BCUT2D eigenvalue weighted by molar-refractivity contribution is 7.07. The molecule has 0 N–H and O–H groups in total. The van der Waals surface area contributed by atoms with Crippen LogP contribution in [0.3, 0.4) is 0 Å². The maximum absolute atomic E-state index is 13.2. The van der Waals surface area contributed by atoms with Crippen molar-refractivity contribution in [2.45, 2.75) is 20.3 Å². The van der Waals surface area contributed by atoms with Gasteiger partial charge in [0.05, 0.1) is 10.2 Å². The number of nitriles is 2. The Morgan fingerprint density at radius 2 is 1.86 bits per heavy atom. The molecule has 3 aromatic rings.